The minimum atomic E-state index is -0.206. The Bertz CT molecular complexity index is 722. The van der Waals surface area contributed by atoms with E-state index in [2.05, 4.69) is 26.0 Å². The third kappa shape index (κ3) is 10.7. The summed E-state index contributed by atoms with van der Waals surface area (Å²) in [4.78, 5) is 0. The predicted molar refractivity (Wildman–Crippen MR) is 137 cm³/mol. The van der Waals surface area contributed by atoms with Gasteiger partial charge in [-0.25, -0.2) is 4.39 Å². The smallest absolute Gasteiger partial charge is 0.134 e. The van der Waals surface area contributed by atoms with Gasteiger partial charge in [-0.05, 0) is 42.5 Å². The van der Waals surface area contributed by atoms with Crippen molar-refractivity contribution < 1.29 is 9.13 Å². The highest BCUT2D eigenvalue weighted by atomic mass is 19.1. The molecule has 0 N–H and O–H groups in total. The van der Waals surface area contributed by atoms with Gasteiger partial charge in [0.25, 0.3) is 0 Å². The number of hydrogen-bond donors (Lipinski definition) is 0. The number of unbranched alkanes of at least 4 members (excludes halogenated alkanes) is 12. The van der Waals surface area contributed by atoms with Gasteiger partial charge in [-0.2, -0.15) is 0 Å². The van der Waals surface area contributed by atoms with Crippen molar-refractivity contribution in [1.82, 2.24) is 0 Å². The molecule has 2 aromatic carbocycles. The third-order valence-corrected chi connectivity index (χ3v) is 6.29. The molecule has 1 nitrogen and oxygen atoms in total. The average Bonchev–Trinajstić information content (AvgIpc) is 2.81. The van der Waals surface area contributed by atoms with Gasteiger partial charge in [0.1, 0.15) is 11.6 Å². The molecule has 2 rings (SSSR count). The molecule has 0 unspecified atom stereocenters. The van der Waals surface area contributed by atoms with Gasteiger partial charge < -0.3 is 4.74 Å². The lowest BCUT2D eigenvalue weighted by atomic mass is 10.0. The molecule has 32 heavy (non-hydrogen) atoms. The Kier molecular flexibility index (Phi) is 13.8. The first kappa shape index (κ1) is 26.4. The van der Waals surface area contributed by atoms with Crippen LogP contribution in [0, 0.1) is 5.82 Å². The van der Waals surface area contributed by atoms with E-state index in [1.165, 1.54) is 95.1 Å². The molecule has 2 heteroatoms. The van der Waals surface area contributed by atoms with Crippen LogP contribution in [-0.2, 0) is 6.42 Å². The maximum Gasteiger partial charge on any atom is 0.134 e. The van der Waals surface area contributed by atoms with Crippen LogP contribution in [-0.4, -0.2) is 6.61 Å². The summed E-state index contributed by atoms with van der Waals surface area (Å²) in [5.41, 5.74) is 2.93. The van der Waals surface area contributed by atoms with Crippen molar-refractivity contribution in [3.63, 3.8) is 0 Å². The maximum atomic E-state index is 14.7. The van der Waals surface area contributed by atoms with E-state index in [4.69, 9.17) is 4.74 Å². The molecular weight excluding hydrogens is 395 g/mol. The van der Waals surface area contributed by atoms with Crippen LogP contribution in [0.5, 0.6) is 5.75 Å². The van der Waals surface area contributed by atoms with Gasteiger partial charge in [0.05, 0.1) is 6.61 Å². The summed E-state index contributed by atoms with van der Waals surface area (Å²) in [6, 6.07) is 13.7. The molecule has 0 aliphatic rings. The Labute approximate surface area is 196 Å². The Hall–Kier alpha value is -1.83. The fourth-order valence-electron chi connectivity index (χ4n) is 4.21. The molecule has 0 bridgehead atoms. The molecule has 0 spiro atoms. The molecule has 2 aromatic rings. The van der Waals surface area contributed by atoms with E-state index in [-0.39, 0.29) is 5.82 Å². The van der Waals surface area contributed by atoms with Crippen LogP contribution in [0.3, 0.4) is 0 Å². The fraction of sp³-hybridized carbons (Fsp3) is 0.600. The zero-order valence-electron chi connectivity index (χ0n) is 20.6. The van der Waals surface area contributed by atoms with Crippen molar-refractivity contribution in [2.24, 2.45) is 0 Å². The molecule has 0 radical (unpaired) electrons. The van der Waals surface area contributed by atoms with Crippen LogP contribution < -0.4 is 4.74 Å². The maximum absolute atomic E-state index is 14.7. The lowest BCUT2D eigenvalue weighted by Crippen LogP contribution is -1.98. The largest absolute Gasteiger partial charge is 0.493 e. The lowest BCUT2D eigenvalue weighted by molar-refractivity contribution is 0.303. The average molecular weight is 441 g/mol. The Balaban J connectivity index is 1.69. The highest BCUT2D eigenvalue weighted by molar-refractivity contribution is 5.65. The number of rotatable bonds is 18. The predicted octanol–water partition coefficient (Wildman–Crippen LogP) is 9.92. The molecule has 0 heterocycles. The van der Waals surface area contributed by atoms with Gasteiger partial charge in [0, 0.05) is 11.6 Å². The second kappa shape index (κ2) is 16.8. The summed E-state index contributed by atoms with van der Waals surface area (Å²) in [5, 5.41) is 0. The molecule has 0 aliphatic heterocycles. The number of ether oxygens (including phenoxy) is 1. The Morgan fingerprint density at radius 2 is 1.19 bits per heavy atom. The van der Waals surface area contributed by atoms with Gasteiger partial charge in [0.15, 0.2) is 0 Å². The molecule has 0 atom stereocenters. The topological polar surface area (TPSA) is 9.23 Å². The second-order valence-electron chi connectivity index (χ2n) is 9.18. The summed E-state index contributed by atoms with van der Waals surface area (Å²) < 4.78 is 20.5. The molecule has 0 aromatic heterocycles. The quantitative estimate of drug-likeness (QED) is 0.209. The molecule has 0 amide bonds. The normalized spacial score (nSPS) is 11.1. The number of halogens is 1. The summed E-state index contributed by atoms with van der Waals surface area (Å²) in [7, 11) is 0. The van der Waals surface area contributed by atoms with Gasteiger partial charge >= 0.3 is 0 Å². The molecule has 0 saturated heterocycles. The first-order valence-electron chi connectivity index (χ1n) is 13.3. The summed E-state index contributed by atoms with van der Waals surface area (Å²) in [6.45, 7) is 5.17. The van der Waals surface area contributed by atoms with E-state index in [1.54, 1.807) is 0 Å². The van der Waals surface area contributed by atoms with Gasteiger partial charge in [-0.3, -0.25) is 0 Å². The summed E-state index contributed by atoms with van der Waals surface area (Å²) in [6.07, 6.45) is 19.2. The number of benzene rings is 2. The first-order valence-corrected chi connectivity index (χ1v) is 13.3. The molecule has 178 valence electrons. The standard InChI is InChI=1S/C30H45FO/c1-3-5-7-9-11-12-14-16-24-32-28-22-23-29(30(31)25-28)27-20-18-26(19-21-27)17-15-13-10-8-6-4-2/h18-23,25H,3-17,24H2,1-2H3. The second-order valence-corrected chi connectivity index (χ2v) is 9.18. The minimum Gasteiger partial charge on any atom is -0.493 e. The zero-order valence-corrected chi connectivity index (χ0v) is 20.6. The van der Waals surface area contributed by atoms with E-state index in [9.17, 15) is 4.39 Å². The molecular formula is C30H45FO. The van der Waals surface area contributed by atoms with Crippen LogP contribution in [0.15, 0.2) is 42.5 Å². The van der Waals surface area contributed by atoms with Crippen molar-refractivity contribution in [2.75, 3.05) is 6.61 Å². The number of aryl methyl sites for hydroxylation is 1. The highest BCUT2D eigenvalue weighted by Crippen LogP contribution is 2.27. The molecule has 0 aliphatic carbocycles. The minimum absolute atomic E-state index is 0.206. The SMILES string of the molecule is CCCCCCCCCCOc1ccc(-c2ccc(CCCCCCCC)cc2)c(F)c1. The van der Waals surface area contributed by atoms with Gasteiger partial charge in [-0.1, -0.05) is 115 Å². The van der Waals surface area contributed by atoms with E-state index in [0.29, 0.717) is 17.9 Å². The van der Waals surface area contributed by atoms with Crippen LogP contribution >= 0.6 is 0 Å². The van der Waals surface area contributed by atoms with Crippen molar-refractivity contribution in [3.8, 4) is 16.9 Å². The number of hydrogen-bond acceptors (Lipinski definition) is 1. The van der Waals surface area contributed by atoms with Crippen molar-refractivity contribution in [3.05, 3.63) is 53.8 Å². The molecule has 0 saturated carbocycles. The van der Waals surface area contributed by atoms with E-state index in [1.807, 2.05) is 24.3 Å². The lowest BCUT2D eigenvalue weighted by Gasteiger charge is -2.10. The van der Waals surface area contributed by atoms with E-state index >= 15 is 0 Å². The van der Waals surface area contributed by atoms with Crippen LogP contribution in [0.1, 0.15) is 109 Å². The highest BCUT2D eigenvalue weighted by Gasteiger charge is 2.07. The van der Waals surface area contributed by atoms with Crippen molar-refractivity contribution >= 4 is 0 Å². The zero-order chi connectivity index (χ0) is 22.9. The fourth-order valence-corrected chi connectivity index (χ4v) is 4.21. The van der Waals surface area contributed by atoms with Gasteiger partial charge in [-0.15, -0.1) is 0 Å². The van der Waals surface area contributed by atoms with Crippen molar-refractivity contribution in [1.29, 1.82) is 0 Å². The molecule has 0 fully saturated rings. The Morgan fingerprint density at radius 3 is 1.78 bits per heavy atom. The van der Waals surface area contributed by atoms with Crippen molar-refractivity contribution in [2.45, 2.75) is 110 Å². The summed E-state index contributed by atoms with van der Waals surface area (Å²) in [5.74, 6) is 0.427. The van der Waals surface area contributed by atoms with E-state index in [0.717, 1.165) is 18.4 Å². The Morgan fingerprint density at radius 1 is 0.625 bits per heavy atom. The van der Waals surface area contributed by atoms with Crippen LogP contribution in [0.25, 0.3) is 11.1 Å². The third-order valence-electron chi connectivity index (χ3n) is 6.29. The summed E-state index contributed by atoms with van der Waals surface area (Å²) >= 11 is 0. The monoisotopic (exact) mass is 440 g/mol. The van der Waals surface area contributed by atoms with Gasteiger partial charge in [0.2, 0.25) is 0 Å². The van der Waals surface area contributed by atoms with Crippen LogP contribution in [0.2, 0.25) is 0 Å². The van der Waals surface area contributed by atoms with Crippen LogP contribution in [0.4, 0.5) is 4.39 Å². The van der Waals surface area contributed by atoms with E-state index < -0.39 is 0 Å². The first-order chi connectivity index (χ1) is 15.7.